The Balaban J connectivity index is 2.68. The van der Waals surface area contributed by atoms with Crippen LogP contribution < -0.4 is 5.32 Å². The highest BCUT2D eigenvalue weighted by molar-refractivity contribution is 5.91. The lowest BCUT2D eigenvalue weighted by Gasteiger charge is -2.44. The Kier molecular flexibility index (Phi) is 5.55. The van der Waals surface area contributed by atoms with Crippen LogP contribution in [0.1, 0.15) is 20.8 Å². The number of rotatable bonds is 6. The van der Waals surface area contributed by atoms with Gasteiger partial charge in [0.05, 0.1) is 12.6 Å². The largest absolute Gasteiger partial charge is 0.479 e. The predicted molar refractivity (Wildman–Crippen MR) is 71.4 cm³/mol. The number of carbonyl (C=O) groups is 3. The minimum Gasteiger partial charge on any atom is -0.479 e. The van der Waals surface area contributed by atoms with Gasteiger partial charge in [0.2, 0.25) is 0 Å². The average Bonchev–Trinajstić information content (AvgIpc) is 2.37. The number of carboxylic acid groups (broad SMARTS) is 1. The number of aliphatic carboxylic acids is 1. The Morgan fingerprint density at radius 3 is 2.64 bits per heavy atom. The van der Waals surface area contributed by atoms with Gasteiger partial charge in [-0.1, -0.05) is 5.11 Å². The molecule has 1 aliphatic heterocycles. The van der Waals surface area contributed by atoms with Gasteiger partial charge in [-0.15, -0.1) is 0 Å². The second-order valence-electron chi connectivity index (χ2n) is 5.44. The molecule has 0 aromatic heterocycles. The maximum atomic E-state index is 11.9. The van der Waals surface area contributed by atoms with Crippen LogP contribution in [0.3, 0.4) is 0 Å². The summed E-state index contributed by atoms with van der Waals surface area (Å²) in [6, 6.07) is -1.80. The average molecular weight is 315 g/mol. The molecule has 1 aliphatic rings. The molecule has 2 unspecified atom stereocenters. The molecule has 11 nitrogen and oxygen atoms in total. The van der Waals surface area contributed by atoms with Crippen molar-refractivity contribution in [2.45, 2.75) is 38.5 Å². The number of hydroxylamine groups is 2. The van der Waals surface area contributed by atoms with Crippen LogP contribution in [0.15, 0.2) is 5.11 Å². The third kappa shape index (κ3) is 4.79. The highest BCUT2D eigenvalue weighted by Gasteiger charge is 2.49. The molecule has 11 heteroatoms. The highest BCUT2D eigenvalue weighted by Crippen LogP contribution is 2.22. The summed E-state index contributed by atoms with van der Waals surface area (Å²) in [5.74, 6) is -1.91. The SMILES string of the molecule is CC(C)(C)OC(=O)NC1C(=O)N(OCC(=O)O)C1CN=[N+]=[N-]. The monoisotopic (exact) mass is 315 g/mol. The van der Waals surface area contributed by atoms with Crippen molar-refractivity contribution in [2.75, 3.05) is 13.2 Å². The summed E-state index contributed by atoms with van der Waals surface area (Å²) < 4.78 is 5.02. The van der Waals surface area contributed by atoms with Crippen LogP contribution in [0.2, 0.25) is 0 Å². The molecule has 22 heavy (non-hydrogen) atoms. The zero-order chi connectivity index (χ0) is 16.9. The smallest absolute Gasteiger partial charge is 0.408 e. The first-order chi connectivity index (χ1) is 10.2. The van der Waals surface area contributed by atoms with Crippen molar-refractivity contribution in [3.05, 3.63) is 10.4 Å². The Morgan fingerprint density at radius 2 is 2.14 bits per heavy atom. The molecule has 1 fully saturated rings. The van der Waals surface area contributed by atoms with Crippen molar-refractivity contribution in [1.82, 2.24) is 10.4 Å². The molecule has 1 saturated heterocycles. The number of hydrogen-bond acceptors (Lipinski definition) is 6. The minimum absolute atomic E-state index is 0.178. The van der Waals surface area contributed by atoms with Crippen LogP contribution in [0, 0.1) is 0 Å². The standard InChI is InChI=1S/C11H17N5O6/c1-11(2,3)22-10(20)14-8-6(4-13-15-12)16(9(8)19)21-5-7(17)18/h6,8H,4-5H2,1-3H3,(H,14,20)(H,17,18). The zero-order valence-corrected chi connectivity index (χ0v) is 12.3. The second kappa shape index (κ2) is 6.96. The van der Waals surface area contributed by atoms with Crippen molar-refractivity contribution in [3.63, 3.8) is 0 Å². The highest BCUT2D eigenvalue weighted by atomic mass is 16.7. The van der Waals surface area contributed by atoms with Gasteiger partial charge < -0.3 is 15.2 Å². The second-order valence-corrected chi connectivity index (χ2v) is 5.44. The molecule has 1 rings (SSSR count). The van der Waals surface area contributed by atoms with E-state index < -0.39 is 42.3 Å². The summed E-state index contributed by atoms with van der Waals surface area (Å²) in [6.07, 6.45) is -0.810. The van der Waals surface area contributed by atoms with Gasteiger partial charge in [0, 0.05) is 4.91 Å². The third-order valence-electron chi connectivity index (χ3n) is 2.50. The number of ether oxygens (including phenoxy) is 1. The molecule has 2 N–H and O–H groups in total. The van der Waals surface area contributed by atoms with Crippen LogP contribution in [0.4, 0.5) is 4.79 Å². The molecule has 0 spiro atoms. The molecular weight excluding hydrogens is 298 g/mol. The third-order valence-corrected chi connectivity index (χ3v) is 2.50. The number of azide groups is 1. The normalized spacial score (nSPS) is 20.7. The maximum absolute atomic E-state index is 11.9. The Hall–Kier alpha value is -2.52. The van der Waals surface area contributed by atoms with E-state index in [1.165, 1.54) is 0 Å². The molecule has 0 saturated carbocycles. The van der Waals surface area contributed by atoms with Crippen molar-refractivity contribution in [2.24, 2.45) is 5.11 Å². The number of nitrogens with zero attached hydrogens (tertiary/aromatic N) is 4. The first kappa shape index (κ1) is 17.5. The van der Waals surface area contributed by atoms with Gasteiger partial charge >= 0.3 is 12.1 Å². The Bertz CT molecular complexity index is 510. The lowest BCUT2D eigenvalue weighted by atomic mass is 9.98. The molecule has 2 atom stereocenters. The number of amides is 2. The van der Waals surface area contributed by atoms with E-state index in [0.717, 1.165) is 5.06 Å². The molecule has 0 aromatic carbocycles. The quantitative estimate of drug-likeness (QED) is 0.313. The molecule has 0 radical (unpaired) electrons. The first-order valence-corrected chi connectivity index (χ1v) is 6.34. The number of β-lactam (4-membered cyclic amide) rings is 1. The van der Waals surface area contributed by atoms with Gasteiger partial charge in [-0.3, -0.25) is 9.63 Å². The lowest BCUT2D eigenvalue weighted by Crippen LogP contribution is -2.71. The van der Waals surface area contributed by atoms with E-state index in [9.17, 15) is 14.4 Å². The summed E-state index contributed by atoms with van der Waals surface area (Å²) in [5.41, 5.74) is 7.59. The fraction of sp³-hybridized carbons (Fsp3) is 0.727. The number of hydrogen-bond donors (Lipinski definition) is 2. The minimum atomic E-state index is -1.26. The van der Waals surface area contributed by atoms with E-state index in [2.05, 4.69) is 15.3 Å². The molecule has 0 aliphatic carbocycles. The lowest BCUT2D eigenvalue weighted by molar-refractivity contribution is -0.234. The van der Waals surface area contributed by atoms with E-state index >= 15 is 0 Å². The molecule has 0 aromatic rings. The van der Waals surface area contributed by atoms with Gasteiger partial charge in [-0.2, -0.15) is 0 Å². The zero-order valence-electron chi connectivity index (χ0n) is 12.3. The van der Waals surface area contributed by atoms with Crippen molar-refractivity contribution < 1.29 is 29.1 Å². The van der Waals surface area contributed by atoms with Crippen molar-refractivity contribution >= 4 is 18.0 Å². The van der Waals surface area contributed by atoms with E-state index in [4.69, 9.17) is 20.2 Å². The number of carboxylic acids is 1. The number of alkyl carbamates (subject to hydrolysis) is 1. The Morgan fingerprint density at radius 1 is 1.50 bits per heavy atom. The van der Waals surface area contributed by atoms with E-state index in [-0.39, 0.29) is 6.54 Å². The summed E-state index contributed by atoms with van der Waals surface area (Å²) in [6.45, 7) is 4.08. The molecule has 2 amide bonds. The van der Waals surface area contributed by atoms with Gasteiger partial charge in [-0.25, -0.2) is 14.7 Å². The summed E-state index contributed by atoms with van der Waals surface area (Å²) in [4.78, 5) is 41.3. The van der Waals surface area contributed by atoms with E-state index in [0.29, 0.717) is 0 Å². The van der Waals surface area contributed by atoms with E-state index in [1.54, 1.807) is 20.8 Å². The van der Waals surface area contributed by atoms with Crippen LogP contribution in [0.25, 0.3) is 10.4 Å². The number of carbonyl (C=O) groups excluding carboxylic acids is 2. The predicted octanol–water partition coefficient (Wildman–Crippen LogP) is 0.417. The van der Waals surface area contributed by atoms with Crippen LogP contribution in [-0.2, 0) is 19.2 Å². The molecule has 0 bridgehead atoms. The van der Waals surface area contributed by atoms with Gasteiger partial charge in [0.15, 0.2) is 6.61 Å². The Labute approximate surface area is 125 Å². The molecule has 1 heterocycles. The topological polar surface area (TPSA) is 154 Å². The first-order valence-electron chi connectivity index (χ1n) is 6.34. The van der Waals surface area contributed by atoms with Gasteiger partial charge in [-0.05, 0) is 26.3 Å². The maximum Gasteiger partial charge on any atom is 0.408 e. The summed E-state index contributed by atoms with van der Waals surface area (Å²) >= 11 is 0. The molecule has 122 valence electrons. The van der Waals surface area contributed by atoms with E-state index in [1.807, 2.05) is 0 Å². The van der Waals surface area contributed by atoms with Crippen LogP contribution >= 0.6 is 0 Å². The molecular formula is C11H17N5O6. The van der Waals surface area contributed by atoms with Crippen molar-refractivity contribution in [1.29, 1.82) is 0 Å². The fourth-order valence-electron chi connectivity index (χ4n) is 1.69. The van der Waals surface area contributed by atoms with Crippen molar-refractivity contribution in [3.8, 4) is 0 Å². The van der Waals surface area contributed by atoms with Crippen LogP contribution in [-0.4, -0.2) is 59.0 Å². The van der Waals surface area contributed by atoms with Crippen LogP contribution in [0.5, 0.6) is 0 Å². The fourth-order valence-corrected chi connectivity index (χ4v) is 1.69. The summed E-state index contributed by atoms with van der Waals surface area (Å²) in [7, 11) is 0. The number of nitrogens with one attached hydrogen (secondary N) is 1. The van der Waals surface area contributed by atoms with Gasteiger partial charge in [0.25, 0.3) is 5.91 Å². The van der Waals surface area contributed by atoms with Gasteiger partial charge in [0.1, 0.15) is 11.6 Å². The summed E-state index contributed by atoms with van der Waals surface area (Å²) in [5, 5.41) is 14.9.